The van der Waals surface area contributed by atoms with Crippen molar-refractivity contribution in [2.24, 2.45) is 0 Å². The first-order valence-electron chi connectivity index (χ1n) is 5.77. The summed E-state index contributed by atoms with van der Waals surface area (Å²) in [5.74, 6) is -0.246. The van der Waals surface area contributed by atoms with Crippen LogP contribution in [0.15, 0.2) is 24.3 Å². The Bertz CT molecular complexity index is 415. The van der Waals surface area contributed by atoms with Gasteiger partial charge >= 0.3 is 6.18 Å². The predicted octanol–water partition coefficient (Wildman–Crippen LogP) is 2.40. The number of carbonyl (C=O) groups excluding carboxylic acids is 1. The minimum absolute atomic E-state index is 0.0478. The third-order valence-corrected chi connectivity index (χ3v) is 2.47. The molecule has 1 amide bonds. The molecule has 0 bridgehead atoms. The Morgan fingerprint density at radius 2 is 1.89 bits per heavy atom. The Morgan fingerprint density at radius 3 is 2.37 bits per heavy atom. The topological polar surface area (TPSA) is 38.3 Å². The van der Waals surface area contributed by atoms with Gasteiger partial charge in [-0.05, 0) is 24.6 Å². The van der Waals surface area contributed by atoms with Gasteiger partial charge in [0.2, 0.25) is 5.91 Å². The van der Waals surface area contributed by atoms with Crippen LogP contribution in [0.4, 0.5) is 13.2 Å². The van der Waals surface area contributed by atoms with E-state index in [0.717, 1.165) is 12.1 Å². The Labute approximate surface area is 109 Å². The second kappa shape index (κ2) is 6.56. The van der Waals surface area contributed by atoms with Gasteiger partial charge in [-0.1, -0.05) is 12.1 Å². The van der Waals surface area contributed by atoms with Gasteiger partial charge in [0.1, 0.15) is 0 Å². The van der Waals surface area contributed by atoms with E-state index in [1.165, 1.54) is 19.2 Å². The van der Waals surface area contributed by atoms with Crippen molar-refractivity contribution in [3.8, 4) is 0 Å². The number of hydrogen-bond donors (Lipinski definition) is 1. The molecule has 0 spiro atoms. The van der Waals surface area contributed by atoms with E-state index in [9.17, 15) is 18.0 Å². The average Bonchev–Trinajstić information content (AvgIpc) is 2.28. The molecule has 0 aliphatic heterocycles. The maximum absolute atomic E-state index is 12.3. The monoisotopic (exact) mass is 275 g/mol. The summed E-state index contributed by atoms with van der Waals surface area (Å²) in [6.45, 7) is 2.17. The SMILES string of the molecule is COCC(C)NC(=O)Cc1ccc(C(F)(F)F)cc1. The molecule has 0 radical (unpaired) electrons. The quantitative estimate of drug-likeness (QED) is 0.896. The van der Waals surface area contributed by atoms with E-state index in [0.29, 0.717) is 12.2 Å². The van der Waals surface area contributed by atoms with Crippen LogP contribution >= 0.6 is 0 Å². The number of benzene rings is 1. The lowest BCUT2D eigenvalue weighted by atomic mass is 10.1. The van der Waals surface area contributed by atoms with Gasteiger partial charge in [-0.2, -0.15) is 13.2 Å². The summed E-state index contributed by atoms with van der Waals surface area (Å²) in [5.41, 5.74) is -0.181. The minimum Gasteiger partial charge on any atom is -0.383 e. The van der Waals surface area contributed by atoms with Gasteiger partial charge in [-0.3, -0.25) is 4.79 Å². The van der Waals surface area contributed by atoms with Crippen molar-refractivity contribution in [2.45, 2.75) is 25.6 Å². The summed E-state index contributed by atoms with van der Waals surface area (Å²) in [5, 5.41) is 2.69. The molecular weight excluding hydrogens is 259 g/mol. The molecule has 1 N–H and O–H groups in total. The van der Waals surface area contributed by atoms with Gasteiger partial charge in [0, 0.05) is 13.2 Å². The van der Waals surface area contributed by atoms with Crippen LogP contribution in [-0.4, -0.2) is 25.7 Å². The first-order chi connectivity index (χ1) is 8.82. The Balaban J connectivity index is 2.56. The summed E-state index contributed by atoms with van der Waals surface area (Å²) in [7, 11) is 1.53. The fraction of sp³-hybridized carbons (Fsp3) is 0.462. The molecule has 1 atom stereocenters. The third kappa shape index (κ3) is 5.30. The molecule has 0 saturated heterocycles. The number of ether oxygens (including phenoxy) is 1. The van der Waals surface area contributed by atoms with E-state index in [4.69, 9.17) is 4.74 Å². The molecule has 106 valence electrons. The molecule has 6 heteroatoms. The number of hydrogen-bond acceptors (Lipinski definition) is 2. The highest BCUT2D eigenvalue weighted by atomic mass is 19.4. The van der Waals surface area contributed by atoms with E-state index in [1.54, 1.807) is 6.92 Å². The molecule has 0 heterocycles. The largest absolute Gasteiger partial charge is 0.416 e. The lowest BCUT2D eigenvalue weighted by Gasteiger charge is -2.13. The average molecular weight is 275 g/mol. The van der Waals surface area contributed by atoms with Crippen LogP contribution in [0.5, 0.6) is 0 Å². The van der Waals surface area contributed by atoms with Gasteiger partial charge < -0.3 is 10.1 Å². The normalized spacial score (nSPS) is 13.1. The molecule has 3 nitrogen and oxygen atoms in total. The van der Waals surface area contributed by atoms with Gasteiger partial charge in [-0.25, -0.2) is 0 Å². The first-order valence-corrected chi connectivity index (χ1v) is 5.77. The molecule has 1 aromatic carbocycles. The van der Waals surface area contributed by atoms with Crippen molar-refractivity contribution in [3.63, 3.8) is 0 Å². The van der Waals surface area contributed by atoms with Crippen molar-refractivity contribution >= 4 is 5.91 Å². The second-order valence-electron chi connectivity index (χ2n) is 4.30. The number of amides is 1. The van der Waals surface area contributed by atoms with Crippen LogP contribution in [0, 0.1) is 0 Å². The smallest absolute Gasteiger partial charge is 0.383 e. The highest BCUT2D eigenvalue weighted by molar-refractivity contribution is 5.78. The molecular formula is C13H16F3NO2. The third-order valence-electron chi connectivity index (χ3n) is 2.47. The molecule has 0 saturated carbocycles. The van der Waals surface area contributed by atoms with Crippen molar-refractivity contribution in [3.05, 3.63) is 35.4 Å². The molecule has 0 aromatic heterocycles. The maximum Gasteiger partial charge on any atom is 0.416 e. The zero-order valence-corrected chi connectivity index (χ0v) is 10.8. The lowest BCUT2D eigenvalue weighted by Crippen LogP contribution is -2.36. The standard InChI is InChI=1S/C13H16F3NO2/c1-9(8-19-2)17-12(18)7-10-3-5-11(6-4-10)13(14,15)16/h3-6,9H,7-8H2,1-2H3,(H,17,18). The molecule has 0 aliphatic carbocycles. The fourth-order valence-electron chi connectivity index (χ4n) is 1.61. The van der Waals surface area contributed by atoms with Crippen molar-refractivity contribution < 1.29 is 22.7 Å². The fourth-order valence-corrected chi connectivity index (χ4v) is 1.61. The van der Waals surface area contributed by atoms with E-state index < -0.39 is 11.7 Å². The molecule has 1 aromatic rings. The second-order valence-corrected chi connectivity index (χ2v) is 4.30. The number of carbonyl (C=O) groups is 1. The van der Waals surface area contributed by atoms with Crippen LogP contribution in [0.2, 0.25) is 0 Å². The van der Waals surface area contributed by atoms with E-state index >= 15 is 0 Å². The molecule has 1 unspecified atom stereocenters. The molecule has 0 aliphatic rings. The summed E-state index contributed by atoms with van der Waals surface area (Å²) >= 11 is 0. The number of rotatable bonds is 5. The lowest BCUT2D eigenvalue weighted by molar-refractivity contribution is -0.137. The molecule has 0 fully saturated rings. The number of nitrogens with one attached hydrogen (secondary N) is 1. The zero-order valence-electron chi connectivity index (χ0n) is 10.8. The minimum atomic E-state index is -4.35. The van der Waals surface area contributed by atoms with E-state index in [2.05, 4.69) is 5.32 Å². The summed E-state index contributed by atoms with van der Waals surface area (Å²) in [6, 6.07) is 4.43. The Kier molecular flexibility index (Phi) is 5.35. The van der Waals surface area contributed by atoms with E-state index in [-0.39, 0.29) is 18.4 Å². The Morgan fingerprint density at radius 1 is 1.32 bits per heavy atom. The number of halogens is 3. The highest BCUT2D eigenvalue weighted by Crippen LogP contribution is 2.29. The van der Waals surface area contributed by atoms with Crippen molar-refractivity contribution in [1.82, 2.24) is 5.32 Å². The van der Waals surface area contributed by atoms with Crippen molar-refractivity contribution in [2.75, 3.05) is 13.7 Å². The number of alkyl halides is 3. The van der Waals surface area contributed by atoms with Crippen LogP contribution in [0.3, 0.4) is 0 Å². The van der Waals surface area contributed by atoms with E-state index in [1.807, 2.05) is 0 Å². The number of methoxy groups -OCH3 is 1. The van der Waals surface area contributed by atoms with Gasteiger partial charge in [-0.15, -0.1) is 0 Å². The van der Waals surface area contributed by atoms with Gasteiger partial charge in [0.25, 0.3) is 0 Å². The van der Waals surface area contributed by atoms with Gasteiger partial charge in [0.15, 0.2) is 0 Å². The maximum atomic E-state index is 12.3. The summed E-state index contributed by atoms with van der Waals surface area (Å²) < 4.78 is 41.9. The van der Waals surface area contributed by atoms with Crippen LogP contribution in [-0.2, 0) is 22.1 Å². The first kappa shape index (κ1) is 15.5. The predicted molar refractivity (Wildman–Crippen MR) is 64.6 cm³/mol. The van der Waals surface area contributed by atoms with Crippen LogP contribution in [0.1, 0.15) is 18.1 Å². The summed E-state index contributed by atoms with van der Waals surface area (Å²) in [4.78, 5) is 11.6. The van der Waals surface area contributed by atoms with Gasteiger partial charge in [0.05, 0.1) is 18.6 Å². The zero-order chi connectivity index (χ0) is 14.5. The van der Waals surface area contributed by atoms with Crippen molar-refractivity contribution in [1.29, 1.82) is 0 Å². The van der Waals surface area contributed by atoms with Crippen LogP contribution in [0.25, 0.3) is 0 Å². The summed E-state index contributed by atoms with van der Waals surface area (Å²) in [6.07, 6.45) is -4.31. The molecule has 19 heavy (non-hydrogen) atoms. The highest BCUT2D eigenvalue weighted by Gasteiger charge is 2.29. The molecule has 1 rings (SSSR count). The van der Waals surface area contributed by atoms with Crippen LogP contribution < -0.4 is 5.32 Å². The Hall–Kier alpha value is -1.56.